The molecule has 0 fully saturated rings. The van der Waals surface area contributed by atoms with Crippen molar-refractivity contribution in [2.24, 2.45) is 0 Å². The summed E-state index contributed by atoms with van der Waals surface area (Å²) in [5.74, 6) is 0.445. The molecule has 6 heteroatoms. The Morgan fingerprint density at radius 3 is 2.11 bits per heavy atom. The highest BCUT2D eigenvalue weighted by Gasteiger charge is 2.07. The van der Waals surface area contributed by atoms with Gasteiger partial charge in [-0.3, -0.25) is 10.1 Å². The first kappa shape index (κ1) is 14.3. The first-order chi connectivity index (χ1) is 9.04. The number of rotatable bonds is 2. The van der Waals surface area contributed by atoms with E-state index in [1.807, 2.05) is 30.3 Å². The summed E-state index contributed by atoms with van der Waals surface area (Å²) in [6, 6.07) is 13.6. The van der Waals surface area contributed by atoms with E-state index in [1.165, 1.54) is 25.3 Å². The third-order valence-electron chi connectivity index (χ3n) is 2.22. The number of nitrogens with two attached hydrogens (primary N) is 2. The fourth-order valence-corrected chi connectivity index (χ4v) is 1.29. The average Bonchev–Trinajstić information content (AvgIpc) is 2.40. The van der Waals surface area contributed by atoms with Crippen LogP contribution in [0.3, 0.4) is 0 Å². The molecular formula is C13H15N3O3. The molecule has 6 nitrogen and oxygen atoms in total. The van der Waals surface area contributed by atoms with Crippen molar-refractivity contribution >= 4 is 17.1 Å². The van der Waals surface area contributed by atoms with Gasteiger partial charge in [-0.2, -0.15) is 0 Å². The third-order valence-corrected chi connectivity index (χ3v) is 2.22. The number of nitrogens with zero attached hydrogens (tertiary/aromatic N) is 1. The molecule has 0 aromatic heterocycles. The summed E-state index contributed by atoms with van der Waals surface area (Å²) >= 11 is 0. The molecule has 0 aliphatic heterocycles. The number of para-hydroxylation sites is 1. The van der Waals surface area contributed by atoms with E-state index in [2.05, 4.69) is 0 Å². The maximum atomic E-state index is 10.3. The topological polar surface area (TPSA) is 104 Å². The van der Waals surface area contributed by atoms with E-state index in [1.54, 1.807) is 0 Å². The molecule has 0 aliphatic carbocycles. The van der Waals surface area contributed by atoms with Crippen LogP contribution in [0, 0.1) is 10.1 Å². The Kier molecular flexibility index (Phi) is 5.16. The van der Waals surface area contributed by atoms with Crippen LogP contribution in [-0.4, -0.2) is 12.0 Å². The Balaban J connectivity index is 0.000000218. The quantitative estimate of drug-likeness (QED) is 0.491. The summed E-state index contributed by atoms with van der Waals surface area (Å²) in [6.07, 6.45) is 0. The molecule has 2 aromatic rings. The van der Waals surface area contributed by atoms with E-state index in [0.717, 1.165) is 5.69 Å². The van der Waals surface area contributed by atoms with Gasteiger partial charge in [0, 0.05) is 17.8 Å². The van der Waals surface area contributed by atoms with Crippen LogP contribution < -0.4 is 16.2 Å². The van der Waals surface area contributed by atoms with Crippen LogP contribution in [0.1, 0.15) is 0 Å². The van der Waals surface area contributed by atoms with Gasteiger partial charge in [0.25, 0.3) is 5.69 Å². The van der Waals surface area contributed by atoms with Gasteiger partial charge in [-0.15, -0.1) is 0 Å². The minimum atomic E-state index is -0.504. The van der Waals surface area contributed by atoms with Gasteiger partial charge in [-0.1, -0.05) is 18.2 Å². The smallest absolute Gasteiger partial charge is 0.271 e. The minimum Gasteiger partial charge on any atom is -0.495 e. The largest absolute Gasteiger partial charge is 0.495 e. The summed E-state index contributed by atoms with van der Waals surface area (Å²) in [6.45, 7) is 0. The molecule has 4 N–H and O–H groups in total. The van der Waals surface area contributed by atoms with Gasteiger partial charge in [-0.25, -0.2) is 0 Å². The lowest BCUT2D eigenvalue weighted by Gasteiger charge is -2.02. The summed E-state index contributed by atoms with van der Waals surface area (Å²) in [5.41, 5.74) is 11.9. The summed E-state index contributed by atoms with van der Waals surface area (Å²) < 4.78 is 4.83. The molecule has 0 bridgehead atoms. The van der Waals surface area contributed by atoms with Crippen molar-refractivity contribution in [3.63, 3.8) is 0 Å². The van der Waals surface area contributed by atoms with Crippen LogP contribution in [0.4, 0.5) is 17.1 Å². The zero-order valence-electron chi connectivity index (χ0n) is 10.4. The predicted octanol–water partition coefficient (Wildman–Crippen LogP) is 2.45. The number of nitro groups is 1. The van der Waals surface area contributed by atoms with Gasteiger partial charge >= 0.3 is 0 Å². The highest BCUT2D eigenvalue weighted by atomic mass is 16.6. The Hall–Kier alpha value is -2.76. The Morgan fingerprint density at radius 2 is 1.74 bits per heavy atom. The van der Waals surface area contributed by atoms with Crippen LogP contribution in [0.15, 0.2) is 48.5 Å². The highest BCUT2D eigenvalue weighted by molar-refractivity contribution is 5.58. The second kappa shape index (κ2) is 6.85. The van der Waals surface area contributed by atoms with E-state index in [4.69, 9.17) is 16.2 Å². The second-order valence-corrected chi connectivity index (χ2v) is 3.59. The van der Waals surface area contributed by atoms with Crippen molar-refractivity contribution in [1.82, 2.24) is 0 Å². The van der Waals surface area contributed by atoms with Gasteiger partial charge in [-0.05, 0) is 18.2 Å². The molecule has 2 aromatic carbocycles. The van der Waals surface area contributed by atoms with Gasteiger partial charge < -0.3 is 16.2 Å². The van der Waals surface area contributed by atoms with Gasteiger partial charge in [0.05, 0.1) is 17.7 Å². The van der Waals surface area contributed by atoms with Crippen molar-refractivity contribution in [3.05, 3.63) is 58.6 Å². The molecule has 2 rings (SSSR count). The number of nitro benzene ring substituents is 1. The highest BCUT2D eigenvalue weighted by Crippen LogP contribution is 2.25. The molecule has 0 atom stereocenters. The lowest BCUT2D eigenvalue weighted by atomic mass is 10.2. The van der Waals surface area contributed by atoms with Crippen molar-refractivity contribution in [3.8, 4) is 5.75 Å². The SMILES string of the molecule is COc1ccc([N+](=O)[O-])cc1N.Nc1ccccc1. The molecular weight excluding hydrogens is 246 g/mol. The Bertz CT molecular complexity index is 544. The lowest BCUT2D eigenvalue weighted by molar-refractivity contribution is -0.384. The first-order valence-electron chi connectivity index (χ1n) is 5.43. The van der Waals surface area contributed by atoms with Crippen LogP contribution in [0.2, 0.25) is 0 Å². The minimum absolute atomic E-state index is 0.0340. The van der Waals surface area contributed by atoms with Crippen molar-refractivity contribution in [2.45, 2.75) is 0 Å². The fourth-order valence-electron chi connectivity index (χ4n) is 1.29. The number of benzene rings is 2. The van der Waals surface area contributed by atoms with Crippen molar-refractivity contribution in [2.75, 3.05) is 18.6 Å². The fraction of sp³-hybridized carbons (Fsp3) is 0.0769. The van der Waals surface area contributed by atoms with Crippen LogP contribution in [0.25, 0.3) is 0 Å². The Labute approximate surface area is 110 Å². The molecule has 0 unspecified atom stereocenters. The zero-order chi connectivity index (χ0) is 14.3. The third kappa shape index (κ3) is 4.55. The van der Waals surface area contributed by atoms with E-state index in [9.17, 15) is 10.1 Å². The standard InChI is InChI=1S/C7H8N2O3.C6H7N/c1-12-7-3-2-5(9(10)11)4-6(7)8;7-6-4-2-1-3-5-6/h2-4H,8H2,1H3;1-5H,7H2. The molecule has 19 heavy (non-hydrogen) atoms. The maximum Gasteiger partial charge on any atom is 0.271 e. The predicted molar refractivity (Wildman–Crippen MR) is 74.9 cm³/mol. The first-order valence-corrected chi connectivity index (χ1v) is 5.43. The number of nitrogen functional groups attached to an aromatic ring is 2. The molecule has 0 amide bonds. The summed E-state index contributed by atoms with van der Waals surface area (Å²) in [5, 5.41) is 10.3. The molecule has 0 radical (unpaired) electrons. The van der Waals surface area contributed by atoms with E-state index in [-0.39, 0.29) is 11.4 Å². The second-order valence-electron chi connectivity index (χ2n) is 3.59. The zero-order valence-corrected chi connectivity index (χ0v) is 10.4. The van der Waals surface area contributed by atoms with Crippen molar-refractivity contribution in [1.29, 1.82) is 0 Å². The maximum absolute atomic E-state index is 10.3. The van der Waals surface area contributed by atoms with Gasteiger partial charge in [0.1, 0.15) is 5.75 Å². The number of anilines is 2. The van der Waals surface area contributed by atoms with E-state index < -0.39 is 4.92 Å². The van der Waals surface area contributed by atoms with E-state index in [0.29, 0.717) is 5.75 Å². The summed E-state index contributed by atoms with van der Waals surface area (Å²) in [4.78, 5) is 9.76. The summed E-state index contributed by atoms with van der Waals surface area (Å²) in [7, 11) is 1.46. The molecule has 0 saturated carbocycles. The molecule has 0 aliphatic rings. The van der Waals surface area contributed by atoms with Crippen LogP contribution >= 0.6 is 0 Å². The van der Waals surface area contributed by atoms with Crippen molar-refractivity contribution < 1.29 is 9.66 Å². The monoisotopic (exact) mass is 261 g/mol. The number of ether oxygens (including phenoxy) is 1. The number of non-ortho nitro benzene ring substituents is 1. The van der Waals surface area contributed by atoms with Crippen LogP contribution in [-0.2, 0) is 0 Å². The molecule has 0 spiro atoms. The Morgan fingerprint density at radius 1 is 1.11 bits per heavy atom. The molecule has 100 valence electrons. The average molecular weight is 261 g/mol. The molecule has 0 saturated heterocycles. The number of hydrogen-bond donors (Lipinski definition) is 2. The van der Waals surface area contributed by atoms with Gasteiger partial charge in [0.2, 0.25) is 0 Å². The lowest BCUT2D eigenvalue weighted by Crippen LogP contribution is -1.94. The number of hydrogen-bond acceptors (Lipinski definition) is 5. The number of methoxy groups -OCH3 is 1. The van der Waals surface area contributed by atoms with Gasteiger partial charge in [0.15, 0.2) is 0 Å². The van der Waals surface area contributed by atoms with Crippen LogP contribution in [0.5, 0.6) is 5.75 Å². The molecule has 0 heterocycles. The normalized spacial score (nSPS) is 9.11. The van der Waals surface area contributed by atoms with E-state index >= 15 is 0 Å².